The Hall–Kier alpha value is -2.14. The highest BCUT2D eigenvalue weighted by atomic mass is 32.2. The van der Waals surface area contributed by atoms with Gasteiger partial charge in [0.05, 0.1) is 10.8 Å². The molecule has 20 heavy (non-hydrogen) atoms. The largest absolute Gasteiger partial charge is 0.398 e. The summed E-state index contributed by atoms with van der Waals surface area (Å²) in [4.78, 5) is 12.5. The Morgan fingerprint density at radius 1 is 1.15 bits per heavy atom. The first-order valence-electron chi connectivity index (χ1n) is 6.16. The fraction of sp³-hybridized carbons (Fsp3) is 0.133. The third-order valence-corrected chi connectivity index (χ3v) is 4.35. The predicted octanol–water partition coefficient (Wildman–Crippen LogP) is 2.32. The van der Waals surface area contributed by atoms with Gasteiger partial charge >= 0.3 is 0 Å². The summed E-state index contributed by atoms with van der Waals surface area (Å²) in [6.45, 7) is 1.80. The molecule has 0 spiro atoms. The summed E-state index contributed by atoms with van der Waals surface area (Å²) in [7, 11) is -1.40. The predicted molar refractivity (Wildman–Crippen MR) is 81.9 cm³/mol. The second-order valence-electron chi connectivity index (χ2n) is 4.37. The van der Waals surface area contributed by atoms with Crippen molar-refractivity contribution < 1.29 is 9.00 Å². The van der Waals surface area contributed by atoms with Crippen LogP contribution >= 0.6 is 0 Å². The first-order chi connectivity index (χ1) is 9.58. The Bertz CT molecular complexity index is 642. The Morgan fingerprint density at radius 3 is 2.55 bits per heavy atom. The minimum absolute atomic E-state index is 0.0841. The molecule has 2 rings (SSSR count). The first kappa shape index (κ1) is 14.3. The molecule has 1 atom stereocenters. The molecule has 0 saturated carbocycles. The van der Waals surface area contributed by atoms with Crippen molar-refractivity contribution in [3.05, 3.63) is 54.1 Å². The summed E-state index contributed by atoms with van der Waals surface area (Å²) in [6.07, 6.45) is 0. The van der Waals surface area contributed by atoms with Crippen LogP contribution in [0.1, 0.15) is 5.56 Å². The second kappa shape index (κ2) is 6.34. The lowest BCUT2D eigenvalue weighted by Crippen LogP contribution is -2.20. The van der Waals surface area contributed by atoms with Gasteiger partial charge in [0, 0.05) is 16.3 Å². The minimum Gasteiger partial charge on any atom is -0.398 e. The Balaban J connectivity index is 2.04. The van der Waals surface area contributed by atoms with Gasteiger partial charge in [-0.3, -0.25) is 9.00 Å². The monoisotopic (exact) mass is 288 g/mol. The minimum atomic E-state index is -1.40. The molecule has 3 N–H and O–H groups in total. The Labute approximate surface area is 120 Å². The maximum absolute atomic E-state index is 12.2. The van der Waals surface area contributed by atoms with E-state index in [1.54, 1.807) is 37.3 Å². The molecule has 0 aromatic heterocycles. The van der Waals surface area contributed by atoms with Crippen LogP contribution in [0.3, 0.4) is 0 Å². The van der Waals surface area contributed by atoms with Crippen LogP contribution in [0.25, 0.3) is 0 Å². The lowest BCUT2D eigenvalue weighted by Gasteiger charge is -2.08. The fourth-order valence-corrected chi connectivity index (χ4v) is 2.95. The molecule has 1 unspecified atom stereocenters. The number of nitrogens with one attached hydrogen (secondary N) is 1. The molecule has 0 aliphatic rings. The van der Waals surface area contributed by atoms with Crippen molar-refractivity contribution in [1.82, 2.24) is 0 Å². The highest BCUT2D eigenvalue weighted by molar-refractivity contribution is 7.85. The maximum Gasteiger partial charge on any atom is 0.237 e. The summed E-state index contributed by atoms with van der Waals surface area (Å²) in [5.74, 6) is -0.365. The van der Waals surface area contributed by atoms with Gasteiger partial charge in [-0.2, -0.15) is 0 Å². The molecule has 5 heteroatoms. The van der Waals surface area contributed by atoms with Gasteiger partial charge < -0.3 is 11.1 Å². The van der Waals surface area contributed by atoms with Crippen LogP contribution in [-0.2, 0) is 15.6 Å². The molecule has 2 aromatic rings. The van der Waals surface area contributed by atoms with Crippen LogP contribution < -0.4 is 11.1 Å². The highest BCUT2D eigenvalue weighted by Gasteiger charge is 2.13. The van der Waals surface area contributed by atoms with Crippen molar-refractivity contribution in [2.45, 2.75) is 11.8 Å². The highest BCUT2D eigenvalue weighted by Crippen LogP contribution is 2.19. The van der Waals surface area contributed by atoms with E-state index in [1.165, 1.54) is 0 Å². The molecular weight excluding hydrogens is 272 g/mol. The van der Waals surface area contributed by atoms with Gasteiger partial charge in [0.15, 0.2) is 0 Å². The maximum atomic E-state index is 12.2. The topological polar surface area (TPSA) is 72.2 Å². The van der Waals surface area contributed by atoms with Crippen molar-refractivity contribution in [2.24, 2.45) is 0 Å². The van der Waals surface area contributed by atoms with Gasteiger partial charge in [0.2, 0.25) is 5.91 Å². The zero-order valence-electron chi connectivity index (χ0n) is 11.1. The van der Waals surface area contributed by atoms with Crippen LogP contribution in [0, 0.1) is 6.92 Å². The van der Waals surface area contributed by atoms with Gasteiger partial charge in [-0.1, -0.05) is 24.3 Å². The number of hydrogen-bond acceptors (Lipinski definition) is 3. The number of amides is 1. The van der Waals surface area contributed by atoms with Gasteiger partial charge in [-0.25, -0.2) is 0 Å². The molecule has 0 radical (unpaired) electrons. The van der Waals surface area contributed by atoms with Gasteiger partial charge in [0.25, 0.3) is 0 Å². The van der Waals surface area contributed by atoms with E-state index in [0.717, 1.165) is 5.56 Å². The average Bonchev–Trinajstić information content (AvgIpc) is 2.42. The molecule has 4 nitrogen and oxygen atoms in total. The average molecular weight is 288 g/mol. The summed E-state index contributed by atoms with van der Waals surface area (Å²) in [5.41, 5.74) is 7.82. The van der Waals surface area contributed by atoms with Gasteiger partial charge in [-0.05, 0) is 36.8 Å². The molecule has 2 aromatic carbocycles. The van der Waals surface area contributed by atoms with E-state index in [-0.39, 0.29) is 11.7 Å². The SMILES string of the molecule is Cc1c(N)cccc1S(=O)CC(=O)Nc1ccccc1. The zero-order chi connectivity index (χ0) is 14.5. The molecule has 0 saturated heterocycles. The number of nitrogens with two attached hydrogens (primary N) is 1. The molecule has 0 bridgehead atoms. The van der Waals surface area contributed by atoms with Crippen LogP contribution in [0.4, 0.5) is 11.4 Å². The van der Waals surface area contributed by atoms with E-state index in [2.05, 4.69) is 5.32 Å². The van der Waals surface area contributed by atoms with E-state index in [9.17, 15) is 9.00 Å². The van der Waals surface area contributed by atoms with Crippen LogP contribution in [0.2, 0.25) is 0 Å². The van der Waals surface area contributed by atoms with Crippen molar-refractivity contribution in [1.29, 1.82) is 0 Å². The lowest BCUT2D eigenvalue weighted by atomic mass is 10.2. The number of carbonyl (C=O) groups excluding carboxylic acids is 1. The third kappa shape index (κ3) is 3.45. The molecule has 0 aliphatic heterocycles. The van der Waals surface area contributed by atoms with Crippen LogP contribution in [-0.4, -0.2) is 15.9 Å². The van der Waals surface area contributed by atoms with E-state index in [1.807, 2.05) is 18.2 Å². The quantitative estimate of drug-likeness (QED) is 0.848. The van der Waals surface area contributed by atoms with Crippen molar-refractivity contribution in [2.75, 3.05) is 16.8 Å². The number of rotatable bonds is 4. The first-order valence-corrected chi connectivity index (χ1v) is 7.48. The summed E-state index contributed by atoms with van der Waals surface area (Å²) in [5, 5.41) is 2.71. The number of hydrogen-bond donors (Lipinski definition) is 2. The summed E-state index contributed by atoms with van der Waals surface area (Å²) in [6, 6.07) is 14.3. The Kier molecular flexibility index (Phi) is 4.53. The molecule has 1 amide bonds. The number of nitrogen functional groups attached to an aromatic ring is 1. The van der Waals surface area contributed by atoms with E-state index in [0.29, 0.717) is 16.3 Å². The van der Waals surface area contributed by atoms with Crippen molar-refractivity contribution in [3.8, 4) is 0 Å². The van der Waals surface area contributed by atoms with Gasteiger partial charge in [0.1, 0.15) is 5.75 Å². The number of anilines is 2. The normalized spacial score (nSPS) is 11.8. The van der Waals surface area contributed by atoms with Gasteiger partial charge in [-0.15, -0.1) is 0 Å². The fourth-order valence-electron chi connectivity index (χ4n) is 1.79. The molecule has 0 heterocycles. The van der Waals surface area contributed by atoms with Crippen LogP contribution in [0.5, 0.6) is 0 Å². The standard InChI is InChI=1S/C15H16N2O2S/c1-11-13(16)8-5-9-14(11)20(19)10-15(18)17-12-6-3-2-4-7-12/h2-9H,10,16H2,1H3,(H,17,18). The van der Waals surface area contributed by atoms with Crippen molar-refractivity contribution in [3.63, 3.8) is 0 Å². The molecule has 0 fully saturated rings. The van der Waals surface area contributed by atoms with E-state index in [4.69, 9.17) is 5.73 Å². The summed E-state index contributed by atoms with van der Waals surface area (Å²) >= 11 is 0. The molecule has 0 aliphatic carbocycles. The molecular formula is C15H16N2O2S. The second-order valence-corrected chi connectivity index (χ2v) is 5.79. The number of para-hydroxylation sites is 1. The van der Waals surface area contributed by atoms with Crippen molar-refractivity contribution >= 4 is 28.1 Å². The number of carbonyl (C=O) groups is 1. The third-order valence-electron chi connectivity index (χ3n) is 2.89. The lowest BCUT2D eigenvalue weighted by molar-refractivity contribution is -0.113. The smallest absolute Gasteiger partial charge is 0.237 e. The zero-order valence-corrected chi connectivity index (χ0v) is 11.9. The number of benzene rings is 2. The van der Waals surface area contributed by atoms with E-state index < -0.39 is 10.8 Å². The summed E-state index contributed by atoms with van der Waals surface area (Å²) < 4.78 is 12.2. The molecule has 104 valence electrons. The Morgan fingerprint density at radius 2 is 1.85 bits per heavy atom. The van der Waals surface area contributed by atoms with E-state index >= 15 is 0 Å². The van der Waals surface area contributed by atoms with Crippen LogP contribution in [0.15, 0.2) is 53.4 Å².